The van der Waals surface area contributed by atoms with Gasteiger partial charge >= 0.3 is 5.97 Å². The molecule has 2 aromatic heterocycles. The van der Waals surface area contributed by atoms with Crippen LogP contribution in [0.3, 0.4) is 0 Å². The number of aliphatic hydroxyl groups excluding tert-OH is 1. The second-order valence-corrected chi connectivity index (χ2v) is 10.3. The van der Waals surface area contributed by atoms with Crippen molar-refractivity contribution in [3.63, 3.8) is 0 Å². The highest BCUT2D eigenvalue weighted by molar-refractivity contribution is 7.89. The topological polar surface area (TPSA) is 132 Å². The third-order valence-electron chi connectivity index (χ3n) is 5.33. The molecule has 12 heteroatoms. The van der Waals surface area contributed by atoms with E-state index in [1.54, 1.807) is 26.0 Å². The maximum Gasteiger partial charge on any atom is 0.369 e. The molecule has 0 radical (unpaired) electrons. The Kier molecular flexibility index (Phi) is 6.21. The van der Waals surface area contributed by atoms with Crippen molar-refractivity contribution in [2.24, 2.45) is 5.92 Å². The number of carbonyl (C=O) groups excluding carboxylic acids is 1. The molecule has 2 heterocycles. The van der Waals surface area contributed by atoms with Crippen LogP contribution < -0.4 is 9.46 Å². The molecule has 32 heavy (non-hydrogen) atoms. The zero-order valence-corrected chi connectivity index (χ0v) is 19.5. The monoisotopic (exact) mass is 480 g/mol. The van der Waals surface area contributed by atoms with Crippen molar-refractivity contribution in [2.75, 3.05) is 20.3 Å². The maximum absolute atomic E-state index is 13.0. The molecule has 10 nitrogen and oxygen atoms in total. The van der Waals surface area contributed by atoms with E-state index < -0.39 is 16.0 Å². The molecule has 0 saturated heterocycles. The molecule has 1 fully saturated rings. The van der Waals surface area contributed by atoms with Crippen LogP contribution >= 0.6 is 11.3 Å². The van der Waals surface area contributed by atoms with Crippen molar-refractivity contribution in [1.29, 1.82) is 0 Å². The fourth-order valence-electron chi connectivity index (χ4n) is 3.66. The van der Waals surface area contributed by atoms with Gasteiger partial charge in [-0.05, 0) is 50.8 Å². The number of aryl methyl sites for hydroxylation is 1. The first-order valence-corrected chi connectivity index (χ1v) is 12.4. The molecule has 0 bridgehead atoms. The van der Waals surface area contributed by atoms with Gasteiger partial charge in [-0.25, -0.2) is 27.4 Å². The van der Waals surface area contributed by atoms with E-state index in [1.807, 2.05) is 0 Å². The van der Waals surface area contributed by atoms with Gasteiger partial charge in [0, 0.05) is 12.1 Å². The number of sulfonamides is 1. The van der Waals surface area contributed by atoms with Crippen LogP contribution in [0.1, 0.15) is 35.3 Å². The fraction of sp³-hybridized carbons (Fsp3) is 0.450. The summed E-state index contributed by atoms with van der Waals surface area (Å²) in [7, 11) is -2.46. The lowest BCUT2D eigenvalue weighted by molar-refractivity contribution is 0.0453. The van der Waals surface area contributed by atoms with E-state index in [9.17, 15) is 18.3 Å². The van der Waals surface area contributed by atoms with Gasteiger partial charge in [0.1, 0.15) is 10.6 Å². The Hall–Kier alpha value is -2.54. The predicted molar refractivity (Wildman–Crippen MR) is 117 cm³/mol. The summed E-state index contributed by atoms with van der Waals surface area (Å²) in [6, 6.07) is 4.81. The number of fused-ring (bicyclic) bond motifs is 1. The van der Waals surface area contributed by atoms with E-state index in [4.69, 9.17) is 9.47 Å². The molecule has 3 aromatic rings. The number of nitrogens with zero attached hydrogens (tertiary/aromatic N) is 3. The lowest BCUT2D eigenvalue weighted by Crippen LogP contribution is -2.38. The first-order chi connectivity index (χ1) is 15.2. The highest BCUT2D eigenvalue weighted by atomic mass is 32.2. The van der Waals surface area contributed by atoms with Gasteiger partial charge in [-0.3, -0.25) is 0 Å². The largest absolute Gasteiger partial charge is 0.495 e. The van der Waals surface area contributed by atoms with Crippen LogP contribution in [0.4, 0.5) is 0 Å². The van der Waals surface area contributed by atoms with Crippen LogP contribution in [0.25, 0.3) is 16.2 Å². The summed E-state index contributed by atoms with van der Waals surface area (Å²) in [4.78, 5) is 17.0. The molecule has 0 atom stereocenters. The number of hydrogen-bond donors (Lipinski definition) is 2. The normalized spacial score (nSPS) is 18.5. The molecule has 1 aliphatic carbocycles. The number of ether oxygens (including phenoxy) is 2. The van der Waals surface area contributed by atoms with Gasteiger partial charge < -0.3 is 14.6 Å². The van der Waals surface area contributed by atoms with Crippen LogP contribution in [0, 0.1) is 12.8 Å². The minimum absolute atomic E-state index is 0.00688. The highest BCUT2D eigenvalue weighted by Crippen LogP contribution is 2.33. The number of benzene rings is 1. The number of rotatable bonds is 8. The molecule has 0 aliphatic heterocycles. The first-order valence-electron chi connectivity index (χ1n) is 10.1. The highest BCUT2D eigenvalue weighted by Gasteiger charge is 2.30. The van der Waals surface area contributed by atoms with Crippen LogP contribution in [0.5, 0.6) is 5.75 Å². The molecule has 1 saturated carbocycles. The van der Waals surface area contributed by atoms with Gasteiger partial charge in [-0.1, -0.05) is 11.3 Å². The van der Waals surface area contributed by atoms with E-state index in [2.05, 4.69) is 14.8 Å². The summed E-state index contributed by atoms with van der Waals surface area (Å²) >= 11 is 1.10. The zero-order valence-electron chi connectivity index (χ0n) is 17.9. The van der Waals surface area contributed by atoms with Gasteiger partial charge in [-0.2, -0.15) is 0 Å². The molecular formula is C20H24N4O6S2. The van der Waals surface area contributed by atoms with Gasteiger partial charge in [0.25, 0.3) is 0 Å². The Labute approximate surface area is 189 Å². The molecular weight excluding hydrogens is 456 g/mol. The average molecular weight is 481 g/mol. The van der Waals surface area contributed by atoms with Crippen molar-refractivity contribution in [3.05, 3.63) is 28.9 Å². The van der Waals surface area contributed by atoms with Crippen molar-refractivity contribution >= 4 is 32.3 Å². The smallest absolute Gasteiger partial charge is 0.369 e. The predicted octanol–water partition coefficient (Wildman–Crippen LogP) is 2.00. The van der Waals surface area contributed by atoms with Gasteiger partial charge in [0.05, 0.1) is 31.2 Å². The number of imidazole rings is 1. The van der Waals surface area contributed by atoms with E-state index in [-0.39, 0.29) is 40.8 Å². The lowest BCUT2D eigenvalue weighted by Gasteiger charge is -2.31. The zero-order chi connectivity index (χ0) is 23.0. The lowest BCUT2D eigenvalue weighted by atomic mass is 9.83. The molecule has 1 aromatic carbocycles. The number of hydrogen-bond acceptors (Lipinski definition) is 9. The molecule has 2 N–H and O–H groups in total. The fourth-order valence-corrected chi connectivity index (χ4v) is 5.81. The summed E-state index contributed by atoms with van der Waals surface area (Å²) in [5.41, 5.74) is 1.79. The van der Waals surface area contributed by atoms with Crippen LogP contribution in [0.2, 0.25) is 0 Å². The van der Waals surface area contributed by atoms with Crippen molar-refractivity contribution in [3.8, 4) is 17.0 Å². The number of nitrogens with one attached hydrogen (secondary N) is 1. The third-order valence-corrected chi connectivity index (χ3v) is 7.66. The minimum Gasteiger partial charge on any atom is -0.495 e. The number of methoxy groups -OCH3 is 1. The molecule has 0 unspecified atom stereocenters. The maximum atomic E-state index is 13.0. The van der Waals surface area contributed by atoms with Gasteiger partial charge in [0.15, 0.2) is 0 Å². The molecule has 0 spiro atoms. The molecule has 0 amide bonds. The number of esters is 1. The Morgan fingerprint density at radius 1 is 1.38 bits per heavy atom. The Bertz CT molecular complexity index is 1260. The number of aliphatic hydroxyl groups is 1. The van der Waals surface area contributed by atoms with E-state index in [0.717, 1.165) is 11.3 Å². The summed E-state index contributed by atoms with van der Waals surface area (Å²) in [5, 5.41) is 13.9. The summed E-state index contributed by atoms with van der Waals surface area (Å²) < 4.78 is 40.5. The van der Waals surface area contributed by atoms with Crippen LogP contribution in [-0.2, 0) is 14.8 Å². The average Bonchev–Trinajstić information content (AvgIpc) is 3.27. The van der Waals surface area contributed by atoms with Crippen molar-refractivity contribution in [1.82, 2.24) is 19.3 Å². The molecule has 4 rings (SSSR count). The summed E-state index contributed by atoms with van der Waals surface area (Å²) in [5.74, 6) is -0.212. The Morgan fingerprint density at radius 3 is 2.78 bits per heavy atom. The van der Waals surface area contributed by atoms with Crippen LogP contribution in [0.15, 0.2) is 23.1 Å². The Balaban J connectivity index is 1.71. The van der Waals surface area contributed by atoms with Gasteiger partial charge in [-0.15, -0.1) is 5.10 Å². The molecule has 172 valence electrons. The SMILES string of the molecule is CCOC(=O)c1nn2c(-c3ccc(OC)c(S(=O)(=O)NCC4CC(O)C4)c3)c(C)nc2s1. The number of carbonyl (C=O) groups is 1. The van der Waals surface area contributed by atoms with E-state index >= 15 is 0 Å². The van der Waals surface area contributed by atoms with E-state index in [0.29, 0.717) is 34.8 Å². The minimum atomic E-state index is -3.87. The van der Waals surface area contributed by atoms with Crippen molar-refractivity contribution in [2.45, 2.75) is 37.7 Å². The van der Waals surface area contributed by atoms with Gasteiger partial charge in [0.2, 0.25) is 20.0 Å². The standard InChI is InChI=1S/C20H24N4O6S2/c1-4-30-19(26)18-23-24-17(11(2)22-20(24)31-18)13-5-6-15(29-3)16(9-13)32(27,28)21-10-12-7-14(25)8-12/h5-6,9,12,14,21,25H,4,7-8,10H2,1-3H3. The second-order valence-electron chi connectivity index (χ2n) is 7.58. The number of aromatic nitrogens is 3. The van der Waals surface area contributed by atoms with Crippen molar-refractivity contribution < 1.29 is 27.8 Å². The van der Waals surface area contributed by atoms with E-state index in [1.165, 1.54) is 17.7 Å². The quantitative estimate of drug-likeness (QED) is 0.468. The summed E-state index contributed by atoms with van der Waals surface area (Å²) in [6.07, 6.45) is 0.811. The molecule has 1 aliphatic rings. The summed E-state index contributed by atoms with van der Waals surface area (Å²) in [6.45, 7) is 3.99. The Morgan fingerprint density at radius 2 is 2.12 bits per heavy atom. The third kappa shape index (κ3) is 4.22. The van der Waals surface area contributed by atoms with Crippen LogP contribution in [-0.4, -0.2) is 60.5 Å². The first kappa shape index (κ1) is 22.6. The second kappa shape index (κ2) is 8.77.